The molecule has 0 heterocycles. The maximum Gasteiger partial charge on any atom is 0.159 e. The van der Waals surface area contributed by atoms with Gasteiger partial charge in [0.15, 0.2) is 11.6 Å². The van der Waals surface area contributed by atoms with E-state index in [1.807, 2.05) is 20.8 Å². The first-order chi connectivity index (χ1) is 8.52. The van der Waals surface area contributed by atoms with E-state index in [0.29, 0.717) is 13.0 Å². The highest BCUT2D eigenvalue weighted by atomic mass is 19.2. The molecule has 4 heteroatoms. The molecule has 0 aliphatic rings. The first-order valence-electron chi connectivity index (χ1n) is 6.31. The number of benzene rings is 1. The van der Waals surface area contributed by atoms with Gasteiger partial charge in [-0.1, -0.05) is 13.0 Å². The topological polar surface area (TPSA) is 21.3 Å². The largest absolute Gasteiger partial charge is 0.377 e. The van der Waals surface area contributed by atoms with Crippen molar-refractivity contribution in [2.24, 2.45) is 0 Å². The summed E-state index contributed by atoms with van der Waals surface area (Å²) in [5, 5.41) is 3.28. The molecular formula is C14H21F2NO. The van der Waals surface area contributed by atoms with Crippen molar-refractivity contribution < 1.29 is 13.5 Å². The second-order valence-electron chi connectivity index (χ2n) is 4.59. The van der Waals surface area contributed by atoms with E-state index < -0.39 is 11.6 Å². The van der Waals surface area contributed by atoms with E-state index >= 15 is 0 Å². The van der Waals surface area contributed by atoms with Gasteiger partial charge in [-0.3, -0.25) is 0 Å². The lowest BCUT2D eigenvalue weighted by Gasteiger charge is -2.19. The SMILES string of the molecule is CCNC(COC(C)C)Cc1ccc(F)c(F)c1. The Kier molecular flexibility index (Phi) is 6.22. The van der Waals surface area contributed by atoms with Crippen LogP contribution in [0.4, 0.5) is 8.78 Å². The zero-order chi connectivity index (χ0) is 13.5. The van der Waals surface area contributed by atoms with Crippen LogP contribution in [0.5, 0.6) is 0 Å². The molecule has 102 valence electrons. The number of nitrogens with one attached hydrogen (secondary N) is 1. The Labute approximate surface area is 107 Å². The van der Waals surface area contributed by atoms with Crippen molar-refractivity contribution in [1.82, 2.24) is 5.32 Å². The number of hydrogen-bond donors (Lipinski definition) is 1. The summed E-state index contributed by atoms with van der Waals surface area (Å²) in [6.07, 6.45) is 0.786. The van der Waals surface area contributed by atoms with Crippen LogP contribution in [0, 0.1) is 11.6 Å². The van der Waals surface area contributed by atoms with Crippen LogP contribution >= 0.6 is 0 Å². The fourth-order valence-corrected chi connectivity index (χ4v) is 1.74. The van der Waals surface area contributed by atoms with Gasteiger partial charge in [0.1, 0.15) is 0 Å². The second kappa shape index (κ2) is 7.44. The van der Waals surface area contributed by atoms with Crippen molar-refractivity contribution >= 4 is 0 Å². The van der Waals surface area contributed by atoms with E-state index in [2.05, 4.69) is 5.32 Å². The van der Waals surface area contributed by atoms with Crippen LogP contribution in [-0.2, 0) is 11.2 Å². The summed E-state index contributed by atoms with van der Waals surface area (Å²) in [7, 11) is 0. The molecule has 1 N–H and O–H groups in total. The predicted molar refractivity (Wildman–Crippen MR) is 68.6 cm³/mol. The molecule has 0 bridgehead atoms. The van der Waals surface area contributed by atoms with Gasteiger partial charge in [-0.05, 0) is 44.5 Å². The Bertz CT molecular complexity index is 369. The van der Waals surface area contributed by atoms with Crippen LogP contribution in [0.2, 0.25) is 0 Å². The maximum atomic E-state index is 13.1. The van der Waals surface area contributed by atoms with E-state index in [1.165, 1.54) is 6.07 Å². The van der Waals surface area contributed by atoms with Gasteiger partial charge in [0.2, 0.25) is 0 Å². The van der Waals surface area contributed by atoms with Crippen molar-refractivity contribution in [3.8, 4) is 0 Å². The number of rotatable bonds is 7. The molecule has 1 unspecified atom stereocenters. The molecule has 18 heavy (non-hydrogen) atoms. The molecule has 1 rings (SSSR count). The Hall–Kier alpha value is -1.00. The molecule has 0 saturated heterocycles. The molecule has 0 fully saturated rings. The molecule has 1 aromatic rings. The number of halogens is 2. The molecule has 0 spiro atoms. The van der Waals surface area contributed by atoms with Crippen LogP contribution < -0.4 is 5.32 Å². The fraction of sp³-hybridized carbons (Fsp3) is 0.571. The van der Waals surface area contributed by atoms with E-state index in [9.17, 15) is 8.78 Å². The van der Waals surface area contributed by atoms with Gasteiger partial charge in [-0.15, -0.1) is 0 Å². The molecule has 0 amide bonds. The first kappa shape index (κ1) is 15.1. The van der Waals surface area contributed by atoms with Gasteiger partial charge >= 0.3 is 0 Å². The first-order valence-corrected chi connectivity index (χ1v) is 6.31. The summed E-state index contributed by atoms with van der Waals surface area (Å²) in [4.78, 5) is 0. The third-order valence-corrected chi connectivity index (χ3v) is 2.59. The van der Waals surface area contributed by atoms with Crippen molar-refractivity contribution in [1.29, 1.82) is 0 Å². The van der Waals surface area contributed by atoms with Gasteiger partial charge in [-0.2, -0.15) is 0 Å². The quantitative estimate of drug-likeness (QED) is 0.811. The van der Waals surface area contributed by atoms with E-state index in [0.717, 1.165) is 18.2 Å². The fourth-order valence-electron chi connectivity index (χ4n) is 1.74. The van der Waals surface area contributed by atoms with Crippen LogP contribution in [0.15, 0.2) is 18.2 Å². The van der Waals surface area contributed by atoms with Crippen LogP contribution in [0.3, 0.4) is 0 Å². The van der Waals surface area contributed by atoms with E-state index in [1.54, 1.807) is 6.07 Å². The van der Waals surface area contributed by atoms with Crippen molar-refractivity contribution in [2.45, 2.75) is 39.3 Å². The Morgan fingerprint density at radius 3 is 2.50 bits per heavy atom. The Morgan fingerprint density at radius 1 is 1.22 bits per heavy atom. The van der Waals surface area contributed by atoms with Crippen molar-refractivity contribution in [2.75, 3.05) is 13.2 Å². The minimum Gasteiger partial charge on any atom is -0.377 e. The number of hydrogen-bond acceptors (Lipinski definition) is 2. The van der Waals surface area contributed by atoms with Gasteiger partial charge in [0.25, 0.3) is 0 Å². The summed E-state index contributed by atoms with van der Waals surface area (Å²) in [5.74, 6) is -1.61. The zero-order valence-electron chi connectivity index (χ0n) is 11.2. The Morgan fingerprint density at radius 2 is 1.94 bits per heavy atom. The third-order valence-electron chi connectivity index (χ3n) is 2.59. The third kappa shape index (κ3) is 5.10. The zero-order valence-corrected chi connectivity index (χ0v) is 11.2. The maximum absolute atomic E-state index is 13.1. The van der Waals surface area contributed by atoms with Crippen LogP contribution in [-0.4, -0.2) is 25.3 Å². The summed E-state index contributed by atoms with van der Waals surface area (Å²) in [6, 6.07) is 4.13. The van der Waals surface area contributed by atoms with Crippen molar-refractivity contribution in [3.63, 3.8) is 0 Å². The summed E-state index contributed by atoms with van der Waals surface area (Å²) in [6.45, 7) is 7.33. The monoisotopic (exact) mass is 257 g/mol. The number of ether oxygens (including phenoxy) is 1. The van der Waals surface area contributed by atoms with E-state index in [4.69, 9.17) is 4.74 Å². The molecule has 2 nitrogen and oxygen atoms in total. The highest BCUT2D eigenvalue weighted by Crippen LogP contribution is 2.11. The summed E-state index contributed by atoms with van der Waals surface area (Å²) >= 11 is 0. The highest BCUT2D eigenvalue weighted by Gasteiger charge is 2.11. The minimum atomic E-state index is -0.808. The van der Waals surface area contributed by atoms with Crippen LogP contribution in [0.25, 0.3) is 0 Å². The molecule has 0 saturated carbocycles. The van der Waals surface area contributed by atoms with Gasteiger partial charge in [0, 0.05) is 6.04 Å². The lowest BCUT2D eigenvalue weighted by atomic mass is 10.1. The highest BCUT2D eigenvalue weighted by molar-refractivity contribution is 5.18. The standard InChI is InChI=1S/C14H21F2NO/c1-4-17-12(9-18-10(2)3)7-11-5-6-13(15)14(16)8-11/h5-6,8,10,12,17H,4,7,9H2,1-3H3. The second-order valence-corrected chi connectivity index (χ2v) is 4.59. The summed E-state index contributed by atoms with van der Waals surface area (Å²) in [5.41, 5.74) is 0.771. The molecule has 0 aliphatic heterocycles. The minimum absolute atomic E-state index is 0.113. The molecular weight excluding hydrogens is 236 g/mol. The van der Waals surface area contributed by atoms with Gasteiger partial charge in [0.05, 0.1) is 12.7 Å². The van der Waals surface area contributed by atoms with Crippen molar-refractivity contribution in [3.05, 3.63) is 35.4 Å². The average molecular weight is 257 g/mol. The molecule has 0 radical (unpaired) electrons. The molecule has 1 atom stereocenters. The van der Waals surface area contributed by atoms with E-state index in [-0.39, 0.29) is 12.1 Å². The molecule has 1 aromatic carbocycles. The molecule has 0 aliphatic carbocycles. The van der Waals surface area contributed by atoms with Gasteiger partial charge in [-0.25, -0.2) is 8.78 Å². The Balaban J connectivity index is 2.61. The van der Waals surface area contributed by atoms with Gasteiger partial charge < -0.3 is 10.1 Å². The normalized spacial score (nSPS) is 13.0. The molecule has 0 aromatic heterocycles. The smallest absolute Gasteiger partial charge is 0.159 e. The average Bonchev–Trinajstić information content (AvgIpc) is 2.31. The predicted octanol–water partition coefficient (Wildman–Crippen LogP) is 2.91. The lowest BCUT2D eigenvalue weighted by Crippen LogP contribution is -2.36. The summed E-state index contributed by atoms with van der Waals surface area (Å²) < 4.78 is 31.5. The lowest BCUT2D eigenvalue weighted by molar-refractivity contribution is 0.0616. The number of likely N-dealkylation sites (N-methyl/N-ethyl adjacent to an activating group) is 1. The van der Waals surface area contributed by atoms with Crippen LogP contribution in [0.1, 0.15) is 26.3 Å².